The maximum Gasteiger partial charge on any atom is 0.352 e. The van der Waals surface area contributed by atoms with Crippen LogP contribution in [0.25, 0.3) is 10.9 Å². The third-order valence-electron chi connectivity index (χ3n) is 4.45. The van der Waals surface area contributed by atoms with Crippen molar-refractivity contribution in [2.75, 3.05) is 13.7 Å². The zero-order valence-corrected chi connectivity index (χ0v) is 14.4. The molecule has 0 spiro atoms. The Balaban J connectivity index is 1.78. The number of benzene rings is 2. The maximum absolute atomic E-state index is 11.6. The molecular formula is C20H22N2O3. The van der Waals surface area contributed by atoms with Crippen LogP contribution >= 0.6 is 0 Å². The van der Waals surface area contributed by atoms with Gasteiger partial charge < -0.3 is 20.1 Å². The van der Waals surface area contributed by atoms with Crippen molar-refractivity contribution in [3.8, 4) is 5.75 Å². The van der Waals surface area contributed by atoms with Crippen LogP contribution in [0, 0.1) is 0 Å². The molecule has 0 aliphatic rings. The summed E-state index contributed by atoms with van der Waals surface area (Å²) in [5.41, 5.74) is 3.02. The molecular weight excluding hydrogens is 316 g/mol. The number of aromatic nitrogens is 1. The van der Waals surface area contributed by atoms with Gasteiger partial charge in [-0.05, 0) is 23.6 Å². The van der Waals surface area contributed by atoms with Crippen LogP contribution in [-0.2, 0) is 6.54 Å². The van der Waals surface area contributed by atoms with Crippen LogP contribution in [-0.4, -0.2) is 29.7 Å². The summed E-state index contributed by atoms with van der Waals surface area (Å²) in [5.74, 6) is 0.0887. The van der Waals surface area contributed by atoms with Gasteiger partial charge in [0.25, 0.3) is 0 Å². The van der Waals surface area contributed by atoms with Gasteiger partial charge >= 0.3 is 5.97 Å². The van der Waals surface area contributed by atoms with Crippen molar-refractivity contribution in [3.63, 3.8) is 0 Å². The van der Waals surface area contributed by atoms with Crippen molar-refractivity contribution >= 4 is 16.9 Å². The van der Waals surface area contributed by atoms with E-state index in [9.17, 15) is 9.90 Å². The summed E-state index contributed by atoms with van der Waals surface area (Å²) >= 11 is 0. The second-order valence-corrected chi connectivity index (χ2v) is 6.14. The zero-order chi connectivity index (χ0) is 17.8. The van der Waals surface area contributed by atoms with Crippen molar-refractivity contribution in [3.05, 3.63) is 65.4 Å². The average Bonchev–Trinajstić information content (AvgIpc) is 3.00. The third kappa shape index (κ3) is 3.67. The second kappa shape index (κ2) is 7.40. The molecule has 1 heterocycles. The first-order chi connectivity index (χ1) is 12.1. The highest BCUT2D eigenvalue weighted by Crippen LogP contribution is 2.26. The molecule has 0 amide bonds. The van der Waals surface area contributed by atoms with Crippen molar-refractivity contribution in [1.29, 1.82) is 0 Å². The van der Waals surface area contributed by atoms with Gasteiger partial charge in [0.2, 0.25) is 0 Å². The lowest BCUT2D eigenvalue weighted by Crippen LogP contribution is -2.20. The summed E-state index contributed by atoms with van der Waals surface area (Å²) in [6.45, 7) is 3.41. The number of aromatic amines is 1. The molecule has 5 nitrogen and oxygen atoms in total. The predicted molar refractivity (Wildman–Crippen MR) is 98.4 cm³/mol. The second-order valence-electron chi connectivity index (χ2n) is 6.14. The van der Waals surface area contributed by atoms with Gasteiger partial charge in [0.1, 0.15) is 11.4 Å². The summed E-state index contributed by atoms with van der Waals surface area (Å²) in [4.78, 5) is 14.6. The highest BCUT2D eigenvalue weighted by atomic mass is 16.5. The minimum absolute atomic E-state index is 0.225. The summed E-state index contributed by atoms with van der Waals surface area (Å²) in [7, 11) is 1.59. The minimum Gasteiger partial charge on any atom is -0.497 e. The molecule has 0 unspecified atom stereocenters. The zero-order valence-electron chi connectivity index (χ0n) is 14.4. The number of carbonyl (C=O) groups is 1. The summed E-state index contributed by atoms with van der Waals surface area (Å²) in [6, 6.07) is 15.8. The van der Waals surface area contributed by atoms with Crippen LogP contribution in [0.15, 0.2) is 48.5 Å². The molecule has 25 heavy (non-hydrogen) atoms. The Morgan fingerprint density at radius 3 is 2.68 bits per heavy atom. The smallest absolute Gasteiger partial charge is 0.352 e. The number of aromatic carboxylic acids is 1. The van der Waals surface area contributed by atoms with Crippen LogP contribution in [0.3, 0.4) is 0 Å². The third-order valence-corrected chi connectivity index (χ3v) is 4.45. The SMILES string of the molecule is COc1ccc2c(CNC[C@@H](C)c3ccccc3)c(C(=O)O)[nH]c2c1. The van der Waals surface area contributed by atoms with E-state index in [0.717, 1.165) is 23.0 Å². The number of fused-ring (bicyclic) bond motifs is 1. The van der Waals surface area contributed by atoms with Gasteiger partial charge in [-0.25, -0.2) is 4.79 Å². The molecule has 0 aliphatic carbocycles. The number of ether oxygens (including phenoxy) is 1. The van der Waals surface area contributed by atoms with Crippen molar-refractivity contribution in [1.82, 2.24) is 10.3 Å². The van der Waals surface area contributed by atoms with Crippen molar-refractivity contribution in [2.24, 2.45) is 0 Å². The standard InChI is InChI=1S/C20H22N2O3/c1-13(14-6-4-3-5-7-14)11-21-12-17-16-9-8-15(25-2)10-18(16)22-19(17)20(23)24/h3-10,13,21-22H,11-12H2,1-2H3,(H,23,24)/t13-/m1/s1. The molecule has 1 atom stereocenters. The normalized spacial score (nSPS) is 12.2. The summed E-state index contributed by atoms with van der Waals surface area (Å²) in [5, 5.41) is 13.8. The number of carboxylic acids is 1. The molecule has 1 aromatic heterocycles. The quantitative estimate of drug-likeness (QED) is 0.613. The van der Waals surface area contributed by atoms with Crippen molar-refractivity contribution in [2.45, 2.75) is 19.4 Å². The average molecular weight is 338 g/mol. The van der Waals surface area contributed by atoms with E-state index in [2.05, 4.69) is 29.4 Å². The van der Waals surface area contributed by atoms with E-state index in [1.165, 1.54) is 5.56 Å². The Bertz CT molecular complexity index is 871. The van der Waals surface area contributed by atoms with E-state index in [0.29, 0.717) is 18.2 Å². The molecule has 3 N–H and O–H groups in total. The molecule has 2 aromatic carbocycles. The number of hydrogen-bond acceptors (Lipinski definition) is 3. The maximum atomic E-state index is 11.6. The number of H-pyrrole nitrogens is 1. The van der Waals surface area contributed by atoms with Gasteiger partial charge in [0.05, 0.1) is 12.6 Å². The van der Waals surface area contributed by atoms with Crippen molar-refractivity contribution < 1.29 is 14.6 Å². The van der Waals surface area contributed by atoms with Crippen LogP contribution in [0.5, 0.6) is 5.75 Å². The first-order valence-electron chi connectivity index (χ1n) is 8.27. The lowest BCUT2D eigenvalue weighted by molar-refractivity contribution is 0.0690. The molecule has 0 fully saturated rings. The summed E-state index contributed by atoms with van der Waals surface area (Å²) < 4.78 is 5.21. The monoisotopic (exact) mass is 338 g/mol. The number of rotatable bonds is 7. The largest absolute Gasteiger partial charge is 0.497 e. The molecule has 130 valence electrons. The number of carboxylic acid groups (broad SMARTS) is 1. The fourth-order valence-corrected chi connectivity index (χ4v) is 3.04. The Morgan fingerprint density at radius 2 is 2.00 bits per heavy atom. The Morgan fingerprint density at radius 1 is 1.24 bits per heavy atom. The van der Waals surface area contributed by atoms with E-state index in [1.54, 1.807) is 7.11 Å². The molecule has 5 heteroatoms. The predicted octanol–water partition coefficient (Wildman–Crippen LogP) is 3.77. The Labute approximate surface area is 146 Å². The van der Waals surface area contributed by atoms with Gasteiger partial charge in [-0.3, -0.25) is 0 Å². The van der Waals surface area contributed by atoms with Gasteiger partial charge in [0, 0.05) is 30.1 Å². The van der Waals surface area contributed by atoms with Crippen LogP contribution in [0.4, 0.5) is 0 Å². The number of methoxy groups -OCH3 is 1. The fourth-order valence-electron chi connectivity index (χ4n) is 3.04. The first kappa shape index (κ1) is 17.0. The van der Waals surface area contributed by atoms with Gasteiger partial charge in [0.15, 0.2) is 0 Å². The van der Waals surface area contributed by atoms with Gasteiger partial charge in [-0.2, -0.15) is 0 Å². The lowest BCUT2D eigenvalue weighted by Gasteiger charge is -2.13. The molecule has 0 bridgehead atoms. The van der Waals surface area contributed by atoms with Gasteiger partial charge in [-0.15, -0.1) is 0 Å². The number of nitrogens with one attached hydrogen (secondary N) is 2. The highest BCUT2D eigenvalue weighted by Gasteiger charge is 2.17. The molecule has 3 rings (SSSR count). The van der Waals surface area contributed by atoms with E-state index in [4.69, 9.17) is 4.74 Å². The topological polar surface area (TPSA) is 74.3 Å². The lowest BCUT2D eigenvalue weighted by atomic mass is 10.0. The van der Waals surface area contributed by atoms with Gasteiger partial charge in [-0.1, -0.05) is 37.3 Å². The molecule has 0 aliphatic heterocycles. The van der Waals surface area contributed by atoms with E-state index >= 15 is 0 Å². The van der Waals surface area contributed by atoms with Crippen LogP contribution < -0.4 is 10.1 Å². The molecule has 0 saturated heterocycles. The Hall–Kier alpha value is -2.79. The molecule has 0 radical (unpaired) electrons. The van der Waals surface area contributed by atoms with Crippen LogP contribution in [0.2, 0.25) is 0 Å². The molecule has 0 saturated carbocycles. The fraction of sp³-hybridized carbons (Fsp3) is 0.250. The van der Waals surface area contributed by atoms with Crippen LogP contribution in [0.1, 0.15) is 34.5 Å². The summed E-state index contributed by atoms with van der Waals surface area (Å²) in [6.07, 6.45) is 0. The highest BCUT2D eigenvalue weighted by molar-refractivity contribution is 5.97. The Kier molecular flexibility index (Phi) is 5.05. The van der Waals surface area contributed by atoms with E-state index in [-0.39, 0.29) is 5.69 Å². The number of hydrogen-bond donors (Lipinski definition) is 3. The molecule has 3 aromatic rings. The van der Waals surface area contributed by atoms with E-state index in [1.807, 2.05) is 36.4 Å². The first-order valence-corrected chi connectivity index (χ1v) is 8.27. The minimum atomic E-state index is -0.955. The van der Waals surface area contributed by atoms with E-state index < -0.39 is 5.97 Å².